The lowest BCUT2D eigenvalue weighted by molar-refractivity contribution is -0.147. The van der Waals surface area contributed by atoms with Gasteiger partial charge in [-0.25, -0.2) is 4.39 Å². The van der Waals surface area contributed by atoms with E-state index in [0.717, 1.165) is 5.56 Å². The predicted octanol–water partition coefficient (Wildman–Crippen LogP) is 4.00. The zero-order valence-corrected chi connectivity index (χ0v) is 19.2. The number of rotatable bonds is 6. The van der Waals surface area contributed by atoms with E-state index in [1.807, 2.05) is 4.90 Å². The lowest BCUT2D eigenvalue weighted by atomic mass is 9.86. The summed E-state index contributed by atoms with van der Waals surface area (Å²) in [7, 11) is 4.54. The number of tetrazole rings is 1. The molecule has 1 aliphatic carbocycles. The van der Waals surface area contributed by atoms with Gasteiger partial charge in [0.05, 0.1) is 31.5 Å². The molecule has 8 nitrogen and oxygen atoms in total. The minimum atomic E-state index is -4.75. The van der Waals surface area contributed by atoms with Crippen LogP contribution in [0.15, 0.2) is 42.5 Å². The highest BCUT2D eigenvalue weighted by molar-refractivity contribution is 5.75. The van der Waals surface area contributed by atoms with Crippen molar-refractivity contribution in [3.8, 4) is 11.4 Å². The highest BCUT2D eigenvalue weighted by Crippen LogP contribution is 2.45. The van der Waals surface area contributed by atoms with Gasteiger partial charge in [0.25, 0.3) is 5.82 Å². The molecule has 0 amide bonds. The number of ether oxygens (including phenoxy) is 2. The third-order valence-electron chi connectivity index (χ3n) is 6.39. The first kappa shape index (κ1) is 24.4. The average Bonchev–Trinajstić information content (AvgIpc) is 3.51. The highest BCUT2D eigenvalue weighted by Gasteiger charge is 2.44. The number of esters is 1. The molecular weight excluding hydrogens is 470 g/mol. The Morgan fingerprint density at radius 2 is 1.83 bits per heavy atom. The summed E-state index contributed by atoms with van der Waals surface area (Å²) in [6, 6.07) is 10.1. The molecule has 35 heavy (non-hydrogen) atoms. The van der Waals surface area contributed by atoms with Crippen LogP contribution in [-0.2, 0) is 15.7 Å². The van der Waals surface area contributed by atoms with Crippen molar-refractivity contribution in [2.75, 3.05) is 26.2 Å². The molecule has 1 aliphatic rings. The van der Waals surface area contributed by atoms with Crippen molar-refractivity contribution in [3.05, 3.63) is 59.7 Å². The van der Waals surface area contributed by atoms with Crippen LogP contribution in [0, 0.1) is 11.7 Å². The van der Waals surface area contributed by atoms with E-state index < -0.39 is 23.7 Å². The maximum atomic E-state index is 13.6. The van der Waals surface area contributed by atoms with Crippen LogP contribution < -0.4 is 9.64 Å². The molecule has 0 bridgehead atoms. The maximum Gasteiger partial charge on any atom is 0.453 e. The number of methoxy groups -OCH3 is 2. The minimum Gasteiger partial charge on any atom is -0.495 e. The Hall–Kier alpha value is -3.70. The molecule has 186 valence electrons. The van der Waals surface area contributed by atoms with E-state index in [2.05, 4.69) is 15.5 Å². The van der Waals surface area contributed by atoms with Crippen molar-refractivity contribution in [1.29, 1.82) is 0 Å². The van der Waals surface area contributed by atoms with Crippen LogP contribution in [0.25, 0.3) is 5.69 Å². The Balaban J connectivity index is 1.76. The number of hydrogen-bond donors (Lipinski definition) is 0. The van der Waals surface area contributed by atoms with Crippen LogP contribution in [0.1, 0.15) is 30.1 Å². The second-order valence-electron chi connectivity index (χ2n) is 8.23. The molecule has 4 rings (SSSR count). The fraction of sp³-hybridized carbons (Fsp3) is 0.391. The van der Waals surface area contributed by atoms with E-state index in [1.165, 1.54) is 44.6 Å². The van der Waals surface area contributed by atoms with Crippen molar-refractivity contribution in [2.45, 2.75) is 31.0 Å². The fourth-order valence-corrected chi connectivity index (χ4v) is 4.77. The smallest absolute Gasteiger partial charge is 0.453 e. The summed E-state index contributed by atoms with van der Waals surface area (Å²) in [6.45, 7) is 0. The summed E-state index contributed by atoms with van der Waals surface area (Å²) in [4.78, 5) is 14.4. The lowest BCUT2D eigenvalue weighted by Gasteiger charge is -2.34. The van der Waals surface area contributed by atoms with Gasteiger partial charge in [-0.2, -0.15) is 17.9 Å². The molecule has 0 spiro atoms. The quantitative estimate of drug-likeness (QED) is 0.379. The topological polar surface area (TPSA) is 82.4 Å². The van der Waals surface area contributed by atoms with Crippen LogP contribution in [0.3, 0.4) is 0 Å². The number of carbonyl (C=O) groups is 1. The number of anilines is 1. The van der Waals surface area contributed by atoms with E-state index in [1.54, 1.807) is 19.2 Å². The van der Waals surface area contributed by atoms with Crippen molar-refractivity contribution in [2.24, 2.45) is 5.92 Å². The van der Waals surface area contributed by atoms with Crippen molar-refractivity contribution < 1.29 is 31.8 Å². The summed E-state index contributed by atoms with van der Waals surface area (Å²) in [5, 5.41) is 9.78. The van der Waals surface area contributed by atoms with Gasteiger partial charge >= 0.3 is 12.1 Å². The molecule has 0 unspecified atom stereocenters. The van der Waals surface area contributed by atoms with Gasteiger partial charge in [0, 0.05) is 19.0 Å². The average molecular weight is 493 g/mol. The summed E-state index contributed by atoms with van der Waals surface area (Å²) < 4.78 is 64.8. The molecule has 1 fully saturated rings. The van der Waals surface area contributed by atoms with E-state index in [-0.39, 0.29) is 23.6 Å². The highest BCUT2D eigenvalue weighted by atomic mass is 19.4. The second kappa shape index (κ2) is 9.51. The Labute approximate surface area is 198 Å². The van der Waals surface area contributed by atoms with E-state index in [0.29, 0.717) is 29.0 Å². The Kier molecular flexibility index (Phi) is 6.64. The molecule has 0 aliphatic heterocycles. The SMILES string of the molecule is COC(=O)[C@@H]1CC[C@@H](N(C)c2cc(-n3nnnc3C(F)(F)F)ccc2OC)[C@H]1c1ccc(F)cc1. The van der Waals surface area contributed by atoms with Gasteiger partial charge in [0.1, 0.15) is 11.6 Å². The molecule has 3 aromatic rings. The molecule has 1 aromatic heterocycles. The van der Waals surface area contributed by atoms with Crippen molar-refractivity contribution in [1.82, 2.24) is 20.2 Å². The van der Waals surface area contributed by atoms with Crippen LogP contribution in [-0.4, -0.2) is 53.5 Å². The molecule has 0 N–H and O–H groups in total. The van der Waals surface area contributed by atoms with Gasteiger partial charge in [-0.15, -0.1) is 5.10 Å². The fourth-order valence-electron chi connectivity index (χ4n) is 4.77. The standard InChI is InChI=1S/C23H23F4N5O3/c1-31(17-10-9-16(21(33)35-3)20(17)13-4-6-14(24)7-5-13)18-12-15(8-11-19(18)34-2)32-22(23(25,26)27)28-29-30-32/h4-8,11-12,16-17,20H,9-10H2,1-3H3/t16-,17-,20+/m1/s1. The van der Waals surface area contributed by atoms with Gasteiger partial charge in [0.2, 0.25) is 0 Å². The molecule has 0 radical (unpaired) electrons. The lowest BCUT2D eigenvalue weighted by Crippen LogP contribution is -2.36. The molecule has 3 atom stereocenters. The molecule has 1 saturated carbocycles. The third-order valence-corrected chi connectivity index (χ3v) is 6.39. The Morgan fingerprint density at radius 3 is 2.46 bits per heavy atom. The number of benzene rings is 2. The largest absolute Gasteiger partial charge is 0.495 e. The van der Waals surface area contributed by atoms with Gasteiger partial charge in [-0.05, 0) is 59.2 Å². The van der Waals surface area contributed by atoms with Crippen LogP contribution >= 0.6 is 0 Å². The Bertz CT molecular complexity index is 1200. The van der Waals surface area contributed by atoms with Gasteiger partial charge in [-0.1, -0.05) is 12.1 Å². The predicted molar refractivity (Wildman–Crippen MR) is 117 cm³/mol. The number of alkyl halides is 3. The minimum absolute atomic E-state index is 0.0887. The number of halogens is 4. The first-order valence-corrected chi connectivity index (χ1v) is 10.8. The normalized spacial score (nSPS) is 20.0. The summed E-state index contributed by atoms with van der Waals surface area (Å²) >= 11 is 0. The van der Waals surface area contributed by atoms with E-state index >= 15 is 0 Å². The Morgan fingerprint density at radius 1 is 1.11 bits per heavy atom. The van der Waals surface area contributed by atoms with Crippen molar-refractivity contribution in [3.63, 3.8) is 0 Å². The number of carbonyl (C=O) groups excluding carboxylic acids is 1. The van der Waals surface area contributed by atoms with Crippen LogP contribution in [0.2, 0.25) is 0 Å². The van der Waals surface area contributed by atoms with Crippen molar-refractivity contribution >= 4 is 11.7 Å². The monoisotopic (exact) mass is 493 g/mol. The van der Waals surface area contributed by atoms with Gasteiger partial charge < -0.3 is 14.4 Å². The zero-order valence-electron chi connectivity index (χ0n) is 19.2. The van der Waals surface area contributed by atoms with E-state index in [9.17, 15) is 22.4 Å². The van der Waals surface area contributed by atoms with E-state index in [4.69, 9.17) is 9.47 Å². The van der Waals surface area contributed by atoms with Crippen LogP contribution in [0.5, 0.6) is 5.75 Å². The van der Waals surface area contributed by atoms with Gasteiger partial charge in [0.15, 0.2) is 0 Å². The number of aromatic nitrogens is 4. The summed E-state index contributed by atoms with van der Waals surface area (Å²) in [6.07, 6.45) is -3.64. The first-order valence-electron chi connectivity index (χ1n) is 10.8. The maximum absolute atomic E-state index is 13.6. The molecule has 1 heterocycles. The zero-order chi connectivity index (χ0) is 25.3. The summed E-state index contributed by atoms with van der Waals surface area (Å²) in [5.41, 5.74) is 1.33. The second-order valence-corrected chi connectivity index (χ2v) is 8.23. The first-order chi connectivity index (χ1) is 16.7. The summed E-state index contributed by atoms with van der Waals surface area (Å²) in [5.74, 6) is -2.44. The molecule has 2 aromatic carbocycles. The number of hydrogen-bond acceptors (Lipinski definition) is 7. The number of likely N-dealkylation sites (N-methyl/N-ethyl adjacent to an activating group) is 1. The molecule has 0 saturated heterocycles. The van der Waals surface area contributed by atoms with Gasteiger partial charge in [-0.3, -0.25) is 4.79 Å². The molecule has 12 heteroatoms. The van der Waals surface area contributed by atoms with Crippen LogP contribution in [0.4, 0.5) is 23.2 Å². The molecular formula is C23H23F4N5O3. The number of nitrogens with zero attached hydrogens (tertiary/aromatic N) is 5. The third kappa shape index (κ3) is 4.64.